The number of rotatable bonds is 8. The lowest BCUT2D eigenvalue weighted by atomic mass is 9.98. The van der Waals surface area contributed by atoms with Crippen LogP contribution in [-0.2, 0) is 11.3 Å². The Bertz CT molecular complexity index is 1350. The molecule has 4 aliphatic rings. The number of carbonyl (C=O) groups is 3. The van der Waals surface area contributed by atoms with E-state index in [0.717, 1.165) is 43.2 Å². The number of halogens is 1. The van der Waals surface area contributed by atoms with Crippen molar-refractivity contribution in [2.75, 3.05) is 44.6 Å². The molecule has 4 heterocycles. The van der Waals surface area contributed by atoms with Crippen LogP contribution >= 0.6 is 0 Å². The molecule has 0 spiro atoms. The van der Waals surface area contributed by atoms with Crippen LogP contribution in [0.5, 0.6) is 0 Å². The molecule has 6 rings (SSSR count). The van der Waals surface area contributed by atoms with Gasteiger partial charge in [0.15, 0.2) is 0 Å². The Morgan fingerprint density at radius 3 is 2.36 bits per heavy atom. The number of amides is 4. The fraction of sp³-hybridized carbons (Fsp3) is 0.559. The van der Waals surface area contributed by atoms with Gasteiger partial charge in [0, 0.05) is 62.5 Å². The summed E-state index contributed by atoms with van der Waals surface area (Å²) in [5.74, 6) is -1.29. The molecule has 0 aliphatic carbocycles. The van der Waals surface area contributed by atoms with Gasteiger partial charge in [-0.25, -0.2) is 9.18 Å². The summed E-state index contributed by atoms with van der Waals surface area (Å²) in [7, 11) is 0. The molecule has 4 aliphatic heterocycles. The topological polar surface area (TPSA) is 108 Å². The van der Waals surface area contributed by atoms with E-state index in [1.807, 2.05) is 39.0 Å². The first-order valence-corrected chi connectivity index (χ1v) is 16.5. The highest BCUT2D eigenvalue weighted by Crippen LogP contribution is 2.28. The monoisotopic (exact) mass is 620 g/mol. The van der Waals surface area contributed by atoms with Crippen molar-refractivity contribution in [3.05, 3.63) is 65.5 Å². The van der Waals surface area contributed by atoms with Crippen LogP contribution in [0.1, 0.15) is 67.3 Å². The van der Waals surface area contributed by atoms with Gasteiger partial charge in [0.2, 0.25) is 5.91 Å². The normalized spacial score (nSPS) is 22.0. The molecule has 4 amide bonds. The molecule has 10 nitrogen and oxygen atoms in total. The minimum atomic E-state index is -0.963. The number of benzene rings is 2. The van der Waals surface area contributed by atoms with E-state index in [1.165, 1.54) is 37.5 Å². The fourth-order valence-corrected chi connectivity index (χ4v) is 7.42. The summed E-state index contributed by atoms with van der Waals surface area (Å²) in [5.41, 5.74) is 2.06. The maximum absolute atomic E-state index is 13.9. The quantitative estimate of drug-likeness (QED) is 0.416. The third-order valence-electron chi connectivity index (χ3n) is 10.0. The standard InChI is InChI=1S/C34H45FN6O4/c35-26-9-6-8-24(21-26)32(43)36-30(33(44)40-19-11-27(12-20-40)38-15-4-1-5-16-38)22-31(42)39-17-13-28(14-18-39)41-23-25-7-2-3-10-29(25)37-34(41)45/h2-3,6-10,21,27-28,30-31,42H,1,4-5,11-20,22-23H2,(H,36,43)(H,37,45)/t30-,31?/m0/s1. The number of aliphatic hydroxyl groups is 1. The number of nitrogens with zero attached hydrogens (tertiary/aromatic N) is 4. The lowest BCUT2D eigenvalue weighted by molar-refractivity contribution is -0.137. The number of para-hydroxylation sites is 1. The highest BCUT2D eigenvalue weighted by molar-refractivity contribution is 5.97. The van der Waals surface area contributed by atoms with Crippen LogP contribution in [0.25, 0.3) is 0 Å². The molecule has 3 fully saturated rings. The molecular formula is C34H45FN6O4. The zero-order chi connectivity index (χ0) is 31.3. The van der Waals surface area contributed by atoms with Gasteiger partial charge in [0.25, 0.3) is 5.91 Å². The third-order valence-corrected chi connectivity index (χ3v) is 10.0. The summed E-state index contributed by atoms with van der Waals surface area (Å²) in [6.07, 6.45) is 5.94. The number of aliphatic hydroxyl groups excluding tert-OH is 1. The SMILES string of the molecule is O=C(N[C@@H](CC(O)N1CCC(N2Cc3ccccc3NC2=O)CC1)C(=O)N1CCC(N2CCCCC2)CC1)c1cccc(F)c1. The van der Waals surface area contributed by atoms with E-state index in [1.54, 1.807) is 0 Å². The number of fused-ring (bicyclic) bond motifs is 1. The number of carbonyl (C=O) groups excluding carboxylic acids is 3. The Balaban J connectivity index is 1.08. The molecule has 0 radical (unpaired) electrons. The smallest absolute Gasteiger partial charge is 0.322 e. The predicted molar refractivity (Wildman–Crippen MR) is 169 cm³/mol. The second-order valence-corrected chi connectivity index (χ2v) is 12.9. The van der Waals surface area contributed by atoms with Crippen LogP contribution in [0.3, 0.4) is 0 Å². The van der Waals surface area contributed by atoms with Crippen LogP contribution in [0.2, 0.25) is 0 Å². The lowest BCUT2D eigenvalue weighted by Gasteiger charge is -2.43. The van der Waals surface area contributed by atoms with Gasteiger partial charge >= 0.3 is 6.03 Å². The second-order valence-electron chi connectivity index (χ2n) is 12.9. The van der Waals surface area contributed by atoms with Gasteiger partial charge in [-0.1, -0.05) is 30.7 Å². The molecule has 3 saturated heterocycles. The summed E-state index contributed by atoms with van der Waals surface area (Å²) in [6, 6.07) is 12.6. The van der Waals surface area contributed by atoms with Crippen molar-refractivity contribution in [1.29, 1.82) is 0 Å². The highest BCUT2D eigenvalue weighted by atomic mass is 19.1. The number of nitrogens with one attached hydrogen (secondary N) is 2. The van der Waals surface area contributed by atoms with Crippen molar-refractivity contribution < 1.29 is 23.9 Å². The number of hydrogen-bond donors (Lipinski definition) is 3. The van der Waals surface area contributed by atoms with E-state index < -0.39 is 24.0 Å². The first-order valence-electron chi connectivity index (χ1n) is 16.5. The number of hydrogen-bond acceptors (Lipinski definition) is 6. The number of anilines is 1. The molecule has 0 bridgehead atoms. The molecule has 0 aromatic heterocycles. The maximum Gasteiger partial charge on any atom is 0.322 e. The van der Waals surface area contributed by atoms with E-state index in [4.69, 9.17) is 0 Å². The molecule has 11 heteroatoms. The maximum atomic E-state index is 13.9. The minimum absolute atomic E-state index is 0.0220. The summed E-state index contributed by atoms with van der Waals surface area (Å²) in [5, 5.41) is 17.2. The molecule has 2 aromatic carbocycles. The molecule has 2 atom stereocenters. The minimum Gasteiger partial charge on any atom is -0.378 e. The van der Waals surface area contributed by atoms with Gasteiger partial charge in [0.1, 0.15) is 18.1 Å². The van der Waals surface area contributed by atoms with Gasteiger partial charge in [-0.3, -0.25) is 14.5 Å². The van der Waals surface area contributed by atoms with Crippen molar-refractivity contribution >= 4 is 23.5 Å². The van der Waals surface area contributed by atoms with Gasteiger partial charge in [-0.2, -0.15) is 0 Å². The zero-order valence-corrected chi connectivity index (χ0v) is 25.9. The van der Waals surface area contributed by atoms with Gasteiger partial charge in [-0.15, -0.1) is 0 Å². The molecular weight excluding hydrogens is 575 g/mol. The van der Waals surface area contributed by atoms with Gasteiger partial charge in [0.05, 0.1) is 0 Å². The van der Waals surface area contributed by atoms with Gasteiger partial charge < -0.3 is 30.4 Å². The zero-order valence-electron chi connectivity index (χ0n) is 25.9. The van der Waals surface area contributed by atoms with E-state index in [9.17, 15) is 23.9 Å². The van der Waals surface area contributed by atoms with Crippen molar-refractivity contribution in [3.63, 3.8) is 0 Å². The number of urea groups is 1. The largest absolute Gasteiger partial charge is 0.378 e. The molecule has 242 valence electrons. The van der Waals surface area contributed by atoms with Crippen LogP contribution in [0.4, 0.5) is 14.9 Å². The van der Waals surface area contributed by atoms with Crippen molar-refractivity contribution in [1.82, 2.24) is 24.9 Å². The molecule has 3 N–H and O–H groups in total. The van der Waals surface area contributed by atoms with Crippen LogP contribution in [0, 0.1) is 5.82 Å². The van der Waals surface area contributed by atoms with Crippen molar-refractivity contribution in [2.45, 2.75) is 82.3 Å². The highest BCUT2D eigenvalue weighted by Gasteiger charge is 2.36. The number of likely N-dealkylation sites (tertiary alicyclic amines) is 3. The Labute approximate surface area is 264 Å². The van der Waals surface area contributed by atoms with Gasteiger partial charge in [-0.05, 0) is 81.4 Å². The Morgan fingerprint density at radius 1 is 0.911 bits per heavy atom. The Morgan fingerprint density at radius 2 is 1.62 bits per heavy atom. The third kappa shape index (κ3) is 7.48. The summed E-state index contributed by atoms with van der Waals surface area (Å²) in [6.45, 7) is 5.09. The molecule has 0 saturated carbocycles. The Hall–Kier alpha value is -3.54. The summed E-state index contributed by atoms with van der Waals surface area (Å²) in [4.78, 5) is 48.0. The molecule has 2 aromatic rings. The summed E-state index contributed by atoms with van der Waals surface area (Å²) >= 11 is 0. The molecule has 1 unspecified atom stereocenters. The first-order chi connectivity index (χ1) is 21.9. The fourth-order valence-electron chi connectivity index (χ4n) is 7.42. The first kappa shape index (κ1) is 31.4. The predicted octanol–water partition coefficient (Wildman–Crippen LogP) is 3.62. The lowest BCUT2D eigenvalue weighted by Crippen LogP contribution is -2.56. The average molecular weight is 621 g/mol. The average Bonchev–Trinajstić information content (AvgIpc) is 3.08. The van der Waals surface area contributed by atoms with E-state index >= 15 is 0 Å². The van der Waals surface area contributed by atoms with Crippen molar-refractivity contribution in [3.8, 4) is 0 Å². The Kier molecular flexibility index (Phi) is 9.97. The van der Waals surface area contributed by atoms with E-state index in [2.05, 4.69) is 15.5 Å². The van der Waals surface area contributed by atoms with Crippen molar-refractivity contribution in [2.24, 2.45) is 0 Å². The summed E-state index contributed by atoms with van der Waals surface area (Å²) < 4.78 is 13.9. The van der Waals surface area contributed by atoms with Crippen LogP contribution < -0.4 is 10.6 Å². The van der Waals surface area contributed by atoms with Crippen LogP contribution in [0.15, 0.2) is 48.5 Å². The second kappa shape index (κ2) is 14.3. The van der Waals surface area contributed by atoms with E-state index in [0.29, 0.717) is 51.6 Å². The van der Waals surface area contributed by atoms with Crippen LogP contribution in [-0.4, -0.2) is 106 Å². The van der Waals surface area contributed by atoms with E-state index in [-0.39, 0.29) is 30.0 Å². The molecule has 45 heavy (non-hydrogen) atoms. The number of piperidine rings is 3.